The van der Waals surface area contributed by atoms with E-state index in [-0.39, 0.29) is 5.82 Å². The molecule has 0 saturated heterocycles. The Kier molecular flexibility index (Phi) is 3.43. The zero-order valence-corrected chi connectivity index (χ0v) is 10.9. The summed E-state index contributed by atoms with van der Waals surface area (Å²) in [4.78, 5) is 4.48. The summed E-state index contributed by atoms with van der Waals surface area (Å²) in [6.45, 7) is 5.91. The van der Waals surface area contributed by atoms with Crippen molar-refractivity contribution in [2.24, 2.45) is 0 Å². The third kappa shape index (κ3) is 2.82. The molecule has 90 valence electrons. The molecule has 0 amide bonds. The molecule has 0 fully saturated rings. The number of halogens is 1. The molecule has 0 saturated carbocycles. The minimum atomic E-state index is -0.176. The van der Waals surface area contributed by atoms with Gasteiger partial charge in [0.25, 0.3) is 0 Å². The number of hydrogen-bond donors (Lipinski definition) is 1. The lowest BCUT2D eigenvalue weighted by atomic mass is 10.1. The largest absolute Gasteiger partial charge is 0.359 e. The molecular weight excluding hydrogens is 235 g/mol. The van der Waals surface area contributed by atoms with Gasteiger partial charge in [-0.25, -0.2) is 9.37 Å². The Balaban J connectivity index is 2.27. The van der Waals surface area contributed by atoms with Crippen molar-refractivity contribution >= 4 is 16.5 Å². The molecule has 1 heterocycles. The van der Waals surface area contributed by atoms with Gasteiger partial charge in [-0.2, -0.15) is 0 Å². The van der Waals surface area contributed by atoms with Crippen LogP contribution in [-0.2, 0) is 0 Å². The Morgan fingerprint density at radius 2 is 2.12 bits per heavy atom. The Labute approximate surface area is 105 Å². The van der Waals surface area contributed by atoms with E-state index in [0.717, 1.165) is 16.4 Å². The highest BCUT2D eigenvalue weighted by atomic mass is 32.1. The normalized spacial score (nSPS) is 10.9. The van der Waals surface area contributed by atoms with E-state index in [1.807, 2.05) is 11.4 Å². The summed E-state index contributed by atoms with van der Waals surface area (Å²) < 4.78 is 13.2. The zero-order chi connectivity index (χ0) is 12.4. The van der Waals surface area contributed by atoms with E-state index >= 15 is 0 Å². The summed E-state index contributed by atoms with van der Waals surface area (Å²) in [6, 6.07) is 5.43. The molecule has 0 spiro atoms. The minimum Gasteiger partial charge on any atom is -0.359 e. The van der Waals surface area contributed by atoms with Crippen LogP contribution in [0.2, 0.25) is 0 Å². The lowest BCUT2D eigenvalue weighted by Gasteiger charge is -2.04. The SMILES string of the molecule is Cc1cc(-c2csc(NC(C)C)n2)ccc1F. The van der Waals surface area contributed by atoms with E-state index in [1.54, 1.807) is 24.3 Å². The number of aryl methyl sites for hydroxylation is 1. The fourth-order valence-corrected chi connectivity index (χ4v) is 2.39. The molecule has 1 aromatic heterocycles. The van der Waals surface area contributed by atoms with Crippen LogP contribution in [0.15, 0.2) is 23.6 Å². The van der Waals surface area contributed by atoms with Gasteiger partial charge in [0.1, 0.15) is 5.82 Å². The van der Waals surface area contributed by atoms with Crippen LogP contribution in [0.5, 0.6) is 0 Å². The topological polar surface area (TPSA) is 24.9 Å². The molecule has 0 aliphatic rings. The van der Waals surface area contributed by atoms with Crippen LogP contribution in [0.25, 0.3) is 11.3 Å². The fourth-order valence-electron chi connectivity index (χ4n) is 1.52. The molecule has 0 aliphatic carbocycles. The van der Waals surface area contributed by atoms with Crippen molar-refractivity contribution in [3.05, 3.63) is 35.0 Å². The molecule has 2 rings (SSSR count). The average Bonchev–Trinajstić information content (AvgIpc) is 2.69. The van der Waals surface area contributed by atoms with Crippen LogP contribution in [0.3, 0.4) is 0 Å². The van der Waals surface area contributed by atoms with Crippen LogP contribution < -0.4 is 5.32 Å². The van der Waals surface area contributed by atoms with Crippen molar-refractivity contribution in [1.29, 1.82) is 0 Å². The Morgan fingerprint density at radius 1 is 1.35 bits per heavy atom. The predicted octanol–water partition coefficient (Wildman–Crippen LogP) is 4.08. The standard InChI is InChI=1S/C13H15FN2S/c1-8(2)15-13-16-12(7-17-13)10-4-5-11(14)9(3)6-10/h4-8H,1-3H3,(H,15,16). The third-order valence-corrected chi connectivity index (χ3v) is 3.14. The summed E-state index contributed by atoms with van der Waals surface area (Å²) >= 11 is 1.57. The second-order valence-electron chi connectivity index (χ2n) is 4.30. The van der Waals surface area contributed by atoms with E-state index in [0.29, 0.717) is 11.6 Å². The molecule has 4 heteroatoms. The molecule has 1 N–H and O–H groups in total. The first-order valence-electron chi connectivity index (χ1n) is 5.55. The molecule has 2 nitrogen and oxygen atoms in total. The highest BCUT2D eigenvalue weighted by Crippen LogP contribution is 2.26. The summed E-state index contributed by atoms with van der Waals surface area (Å²) in [5, 5.41) is 6.14. The van der Waals surface area contributed by atoms with Crippen LogP contribution in [0.1, 0.15) is 19.4 Å². The van der Waals surface area contributed by atoms with Gasteiger partial charge in [0, 0.05) is 17.0 Å². The molecular formula is C13H15FN2S. The molecule has 17 heavy (non-hydrogen) atoms. The molecule has 0 bridgehead atoms. The zero-order valence-electron chi connectivity index (χ0n) is 10.1. The second-order valence-corrected chi connectivity index (χ2v) is 5.16. The number of hydrogen-bond acceptors (Lipinski definition) is 3. The van der Waals surface area contributed by atoms with Gasteiger partial charge in [0.2, 0.25) is 0 Å². The molecule has 0 unspecified atom stereocenters. The maximum atomic E-state index is 13.2. The number of nitrogens with one attached hydrogen (secondary N) is 1. The van der Waals surface area contributed by atoms with Gasteiger partial charge in [0.05, 0.1) is 5.69 Å². The predicted molar refractivity (Wildman–Crippen MR) is 71.0 cm³/mol. The summed E-state index contributed by atoms with van der Waals surface area (Å²) in [5.74, 6) is -0.176. The fraction of sp³-hybridized carbons (Fsp3) is 0.308. The van der Waals surface area contributed by atoms with Crippen LogP contribution >= 0.6 is 11.3 Å². The average molecular weight is 250 g/mol. The minimum absolute atomic E-state index is 0.176. The smallest absolute Gasteiger partial charge is 0.183 e. The first kappa shape index (κ1) is 12.0. The van der Waals surface area contributed by atoms with Gasteiger partial charge in [-0.05, 0) is 44.5 Å². The molecule has 0 aliphatic heterocycles. The van der Waals surface area contributed by atoms with Gasteiger partial charge < -0.3 is 5.32 Å². The Hall–Kier alpha value is -1.42. The van der Waals surface area contributed by atoms with Crippen molar-refractivity contribution in [2.45, 2.75) is 26.8 Å². The van der Waals surface area contributed by atoms with Gasteiger partial charge in [-0.15, -0.1) is 11.3 Å². The number of nitrogens with zero attached hydrogens (tertiary/aromatic N) is 1. The quantitative estimate of drug-likeness (QED) is 0.888. The lowest BCUT2D eigenvalue weighted by molar-refractivity contribution is 0.619. The Morgan fingerprint density at radius 3 is 2.76 bits per heavy atom. The van der Waals surface area contributed by atoms with Crippen molar-refractivity contribution in [2.75, 3.05) is 5.32 Å². The van der Waals surface area contributed by atoms with Gasteiger partial charge in [-0.1, -0.05) is 0 Å². The van der Waals surface area contributed by atoms with E-state index < -0.39 is 0 Å². The monoisotopic (exact) mass is 250 g/mol. The van der Waals surface area contributed by atoms with E-state index in [1.165, 1.54) is 6.07 Å². The number of rotatable bonds is 3. The van der Waals surface area contributed by atoms with E-state index in [2.05, 4.69) is 24.1 Å². The molecule has 0 atom stereocenters. The highest BCUT2D eigenvalue weighted by Gasteiger charge is 2.07. The van der Waals surface area contributed by atoms with Gasteiger partial charge in [0.15, 0.2) is 5.13 Å². The van der Waals surface area contributed by atoms with E-state index in [4.69, 9.17) is 0 Å². The first-order valence-corrected chi connectivity index (χ1v) is 6.43. The van der Waals surface area contributed by atoms with Crippen molar-refractivity contribution < 1.29 is 4.39 Å². The highest BCUT2D eigenvalue weighted by molar-refractivity contribution is 7.14. The first-order chi connectivity index (χ1) is 8.06. The lowest BCUT2D eigenvalue weighted by Crippen LogP contribution is -2.08. The van der Waals surface area contributed by atoms with E-state index in [9.17, 15) is 4.39 Å². The summed E-state index contributed by atoms with van der Waals surface area (Å²) in [6.07, 6.45) is 0. The number of benzene rings is 1. The molecule has 0 radical (unpaired) electrons. The van der Waals surface area contributed by atoms with Gasteiger partial charge >= 0.3 is 0 Å². The van der Waals surface area contributed by atoms with Crippen molar-refractivity contribution in [3.63, 3.8) is 0 Å². The second kappa shape index (κ2) is 4.84. The number of aromatic nitrogens is 1. The van der Waals surface area contributed by atoms with Crippen LogP contribution in [0, 0.1) is 12.7 Å². The van der Waals surface area contributed by atoms with Gasteiger partial charge in [-0.3, -0.25) is 0 Å². The number of thiazole rings is 1. The summed E-state index contributed by atoms with van der Waals surface area (Å²) in [7, 11) is 0. The molecule has 1 aromatic carbocycles. The van der Waals surface area contributed by atoms with Crippen molar-refractivity contribution in [3.8, 4) is 11.3 Å². The van der Waals surface area contributed by atoms with Crippen molar-refractivity contribution in [1.82, 2.24) is 4.98 Å². The Bertz CT molecular complexity index is 520. The third-order valence-electron chi connectivity index (χ3n) is 2.37. The van der Waals surface area contributed by atoms with Crippen LogP contribution in [0.4, 0.5) is 9.52 Å². The van der Waals surface area contributed by atoms with Crippen LogP contribution in [-0.4, -0.2) is 11.0 Å². The number of anilines is 1. The molecule has 2 aromatic rings. The maximum Gasteiger partial charge on any atom is 0.183 e. The maximum absolute atomic E-state index is 13.2. The summed E-state index contributed by atoms with van der Waals surface area (Å²) in [5.41, 5.74) is 2.49.